The van der Waals surface area contributed by atoms with Gasteiger partial charge >= 0.3 is 0 Å². The summed E-state index contributed by atoms with van der Waals surface area (Å²) in [6.07, 6.45) is 3.04. The van der Waals surface area contributed by atoms with Crippen LogP contribution in [0.3, 0.4) is 0 Å². The predicted molar refractivity (Wildman–Crippen MR) is 85.1 cm³/mol. The monoisotopic (exact) mass is 351 g/mol. The van der Waals surface area contributed by atoms with Gasteiger partial charge in [0.2, 0.25) is 11.8 Å². The molecular formula is C14H15N4O5S-. The molecule has 1 saturated heterocycles. The number of carbonyl (C=O) groups excluding carboxylic acids is 3. The number of hydrogen-bond donors (Lipinski definition) is 2. The summed E-state index contributed by atoms with van der Waals surface area (Å²) in [5.74, 6) is -1.29. The summed E-state index contributed by atoms with van der Waals surface area (Å²) in [5.41, 5.74) is 0. The zero-order valence-corrected chi connectivity index (χ0v) is 13.4. The molecule has 0 bridgehead atoms. The number of carboxylic acids is 1. The van der Waals surface area contributed by atoms with Crippen LogP contribution in [0.4, 0.5) is 0 Å². The number of thioether (sulfide) groups is 1. The molecule has 1 aliphatic rings. The molecular weight excluding hydrogens is 336 g/mol. The van der Waals surface area contributed by atoms with Crippen molar-refractivity contribution >= 4 is 40.9 Å². The summed E-state index contributed by atoms with van der Waals surface area (Å²) in [7, 11) is 0. The van der Waals surface area contributed by atoms with Gasteiger partial charge in [0, 0.05) is 18.9 Å². The number of hydrogen-bond acceptors (Lipinski definition) is 8. The van der Waals surface area contributed by atoms with Crippen LogP contribution in [-0.4, -0.2) is 41.0 Å². The van der Waals surface area contributed by atoms with E-state index in [0.717, 1.165) is 11.8 Å². The lowest BCUT2D eigenvalue weighted by Gasteiger charge is -2.07. The number of aliphatic carboxylic acids is 1. The van der Waals surface area contributed by atoms with Crippen LogP contribution in [0.15, 0.2) is 33.0 Å². The normalized spacial score (nSPS) is 18.9. The molecule has 1 atom stereocenters. The molecule has 0 radical (unpaired) electrons. The van der Waals surface area contributed by atoms with Gasteiger partial charge in [-0.3, -0.25) is 9.59 Å². The number of rotatable bonds is 8. The third-order valence-electron chi connectivity index (χ3n) is 2.90. The summed E-state index contributed by atoms with van der Waals surface area (Å²) < 4.78 is 5.05. The fraction of sp³-hybridized carbons (Fsp3) is 0.357. The molecule has 0 aromatic carbocycles. The first kappa shape index (κ1) is 17.7. The standard InChI is InChI=1S/C14H16N4O5S/c19-11(15-5-1-4-12(20)21)7-10-13(22)17-14(24-10)18-16-8-9-3-2-6-23-9/h2-3,6,8,10H,1,4-5,7H2,(H,15,19)(H,20,21)(H,17,18,22)/p-1. The van der Waals surface area contributed by atoms with Gasteiger partial charge in [0.1, 0.15) is 11.0 Å². The van der Waals surface area contributed by atoms with E-state index in [1.807, 2.05) is 0 Å². The largest absolute Gasteiger partial charge is 0.550 e. The van der Waals surface area contributed by atoms with E-state index < -0.39 is 11.2 Å². The quantitative estimate of drug-likeness (QED) is 0.359. The first-order chi connectivity index (χ1) is 11.5. The van der Waals surface area contributed by atoms with E-state index >= 15 is 0 Å². The predicted octanol–water partition coefficient (Wildman–Crippen LogP) is -0.762. The van der Waals surface area contributed by atoms with Gasteiger partial charge in [0.15, 0.2) is 5.17 Å². The van der Waals surface area contributed by atoms with Crippen molar-refractivity contribution in [3.8, 4) is 0 Å². The number of carbonyl (C=O) groups is 3. The van der Waals surface area contributed by atoms with Gasteiger partial charge in [-0.25, -0.2) is 0 Å². The Morgan fingerprint density at radius 2 is 2.33 bits per heavy atom. The molecule has 0 aliphatic carbocycles. The Morgan fingerprint density at radius 1 is 1.50 bits per heavy atom. The van der Waals surface area contributed by atoms with Crippen molar-refractivity contribution in [3.05, 3.63) is 24.2 Å². The summed E-state index contributed by atoms with van der Waals surface area (Å²) >= 11 is 1.11. The van der Waals surface area contributed by atoms with Gasteiger partial charge in [-0.15, -0.1) is 5.10 Å². The van der Waals surface area contributed by atoms with Crippen molar-refractivity contribution in [2.45, 2.75) is 24.5 Å². The minimum atomic E-state index is -1.16. The second kappa shape index (κ2) is 8.87. The van der Waals surface area contributed by atoms with Crippen molar-refractivity contribution in [2.75, 3.05) is 6.54 Å². The van der Waals surface area contributed by atoms with E-state index in [4.69, 9.17) is 4.42 Å². The molecule has 1 aliphatic heterocycles. The summed E-state index contributed by atoms with van der Waals surface area (Å²) in [5, 5.41) is 22.7. The molecule has 2 rings (SSSR count). The van der Waals surface area contributed by atoms with Crippen LogP contribution in [0.1, 0.15) is 25.0 Å². The van der Waals surface area contributed by atoms with Gasteiger partial charge in [0.25, 0.3) is 0 Å². The Labute approximate surface area is 141 Å². The molecule has 10 heteroatoms. The van der Waals surface area contributed by atoms with Crippen LogP contribution in [0.25, 0.3) is 0 Å². The first-order valence-electron chi connectivity index (χ1n) is 7.13. The van der Waals surface area contributed by atoms with Crippen molar-refractivity contribution < 1.29 is 23.9 Å². The number of amides is 2. The lowest BCUT2D eigenvalue weighted by molar-refractivity contribution is -0.305. The molecule has 1 fully saturated rings. The highest BCUT2D eigenvalue weighted by Crippen LogP contribution is 2.22. The molecule has 1 aromatic heterocycles. The molecule has 1 unspecified atom stereocenters. The molecule has 24 heavy (non-hydrogen) atoms. The van der Waals surface area contributed by atoms with E-state index in [1.54, 1.807) is 12.1 Å². The highest BCUT2D eigenvalue weighted by molar-refractivity contribution is 8.15. The third-order valence-corrected chi connectivity index (χ3v) is 3.98. The first-order valence-corrected chi connectivity index (χ1v) is 8.01. The number of carboxylic acid groups (broad SMARTS) is 1. The topological polar surface area (TPSA) is 136 Å². The Morgan fingerprint density at radius 3 is 3.04 bits per heavy atom. The van der Waals surface area contributed by atoms with Gasteiger partial charge in [0.05, 0.1) is 12.5 Å². The highest BCUT2D eigenvalue weighted by Gasteiger charge is 2.32. The Kier molecular flexibility index (Phi) is 6.55. The maximum atomic E-state index is 11.8. The number of nitrogens with one attached hydrogen (secondary N) is 2. The van der Waals surface area contributed by atoms with E-state index in [1.165, 1.54) is 12.5 Å². The highest BCUT2D eigenvalue weighted by atomic mass is 32.2. The van der Waals surface area contributed by atoms with Crippen molar-refractivity contribution in [1.82, 2.24) is 10.6 Å². The molecule has 2 amide bonds. The van der Waals surface area contributed by atoms with Crippen molar-refractivity contribution in [3.63, 3.8) is 0 Å². The summed E-state index contributed by atoms with van der Waals surface area (Å²) in [4.78, 5) is 33.8. The fourth-order valence-corrected chi connectivity index (χ4v) is 2.71. The van der Waals surface area contributed by atoms with Crippen LogP contribution < -0.4 is 15.7 Å². The number of amidine groups is 1. The molecule has 2 N–H and O–H groups in total. The maximum absolute atomic E-state index is 11.8. The Bertz CT molecular complexity index is 656. The van der Waals surface area contributed by atoms with E-state index in [2.05, 4.69) is 20.8 Å². The lowest BCUT2D eigenvalue weighted by Crippen LogP contribution is -2.32. The average molecular weight is 351 g/mol. The van der Waals surface area contributed by atoms with Crippen LogP contribution in [0.2, 0.25) is 0 Å². The van der Waals surface area contributed by atoms with Gasteiger partial charge in [-0.05, 0) is 25.0 Å². The second-order valence-electron chi connectivity index (χ2n) is 4.79. The number of furan rings is 1. The summed E-state index contributed by atoms with van der Waals surface area (Å²) in [6, 6.07) is 3.42. The molecule has 1 aromatic rings. The van der Waals surface area contributed by atoms with Crippen LogP contribution in [-0.2, 0) is 14.4 Å². The molecule has 128 valence electrons. The van der Waals surface area contributed by atoms with E-state index in [-0.39, 0.29) is 37.6 Å². The second-order valence-corrected chi connectivity index (χ2v) is 5.98. The maximum Gasteiger partial charge on any atom is 0.240 e. The van der Waals surface area contributed by atoms with Crippen LogP contribution in [0.5, 0.6) is 0 Å². The Hall–Kier alpha value is -2.62. The van der Waals surface area contributed by atoms with E-state index in [0.29, 0.717) is 10.9 Å². The average Bonchev–Trinajstić information content (AvgIpc) is 3.14. The zero-order chi connectivity index (χ0) is 17.4. The SMILES string of the molecule is O=C([O-])CCCNC(=O)CC1SC(=NN=Cc2ccco2)NC1=O. The molecule has 2 heterocycles. The fourth-order valence-electron chi connectivity index (χ4n) is 1.79. The molecule has 0 saturated carbocycles. The van der Waals surface area contributed by atoms with Crippen molar-refractivity contribution in [2.24, 2.45) is 10.2 Å². The summed E-state index contributed by atoms with van der Waals surface area (Å²) in [6.45, 7) is 0.222. The Balaban J connectivity index is 1.75. The van der Waals surface area contributed by atoms with Gasteiger partial charge < -0.3 is 25.0 Å². The van der Waals surface area contributed by atoms with E-state index in [9.17, 15) is 19.5 Å². The van der Waals surface area contributed by atoms with Crippen LogP contribution >= 0.6 is 11.8 Å². The molecule has 9 nitrogen and oxygen atoms in total. The number of nitrogens with zero attached hydrogens (tertiary/aromatic N) is 2. The third kappa shape index (κ3) is 5.88. The van der Waals surface area contributed by atoms with Crippen LogP contribution in [0, 0.1) is 0 Å². The smallest absolute Gasteiger partial charge is 0.240 e. The lowest BCUT2D eigenvalue weighted by atomic mass is 10.2. The minimum absolute atomic E-state index is 0.0251. The van der Waals surface area contributed by atoms with Gasteiger partial charge in [-0.2, -0.15) is 5.10 Å². The van der Waals surface area contributed by atoms with Gasteiger partial charge in [-0.1, -0.05) is 11.8 Å². The minimum Gasteiger partial charge on any atom is -0.550 e. The van der Waals surface area contributed by atoms with Crippen molar-refractivity contribution in [1.29, 1.82) is 0 Å². The molecule has 0 spiro atoms. The zero-order valence-electron chi connectivity index (χ0n) is 12.6.